The van der Waals surface area contributed by atoms with E-state index in [0.29, 0.717) is 19.4 Å². The van der Waals surface area contributed by atoms with Gasteiger partial charge in [0.05, 0.1) is 13.0 Å². The number of carbonyl (C=O) groups is 5. The maximum absolute atomic E-state index is 10.2. The molecule has 0 aromatic carbocycles. The SMILES string of the molecule is CC[C@H](C)[C@H](N)C(=O)O.NC(N)=NCCC[C@H](N)C(=O)O.NCC(=O)O.N[C@@H](CC(=O)O)C(=O)O. The Kier molecular flexibility index (Phi) is 26.1. The first kappa shape index (κ1) is 38.7. The lowest BCUT2D eigenvalue weighted by Crippen LogP contribution is -2.36. The van der Waals surface area contributed by atoms with E-state index >= 15 is 0 Å². The third kappa shape index (κ3) is 32.7. The molecule has 0 spiro atoms. The number of carboxylic acid groups (broad SMARTS) is 5. The van der Waals surface area contributed by atoms with Crippen LogP contribution in [-0.2, 0) is 24.0 Å². The molecule has 0 unspecified atom stereocenters. The largest absolute Gasteiger partial charge is 0.481 e. The minimum atomic E-state index is -1.29. The standard InChI is InChI=1S/C6H14N4O2.C6H13NO2.C4H7NO4.C2H5NO2/c7-4(5(11)12)2-1-3-10-6(8)9;1-3-4(2)5(7)6(8)9;5-2(4(8)9)1-3(6)7;3-1-2(4)5/h4H,1-3,7H2,(H,11,12)(H4,8,9,10);4-5H,3,7H2,1-2H3,(H,8,9);2H,1,5H2,(H,6,7)(H,8,9);1,3H2,(H,4,5)/t4-;4-,5-;2-;/m000./s1. The molecule has 35 heavy (non-hydrogen) atoms. The van der Waals surface area contributed by atoms with Gasteiger partial charge in [0.15, 0.2) is 5.96 Å². The molecule has 0 saturated carbocycles. The first-order valence-electron chi connectivity index (χ1n) is 10.1. The van der Waals surface area contributed by atoms with Crippen molar-refractivity contribution in [1.29, 1.82) is 0 Å². The van der Waals surface area contributed by atoms with Gasteiger partial charge in [0.1, 0.15) is 18.1 Å². The molecule has 0 aliphatic heterocycles. The molecule has 0 heterocycles. The summed E-state index contributed by atoms with van der Waals surface area (Å²) in [6, 6.07) is -2.81. The number of hydrogen-bond acceptors (Lipinski definition) is 10. The molecule has 0 bridgehead atoms. The zero-order chi connectivity index (χ0) is 28.7. The summed E-state index contributed by atoms with van der Waals surface area (Å²) in [5, 5.41) is 40.4. The van der Waals surface area contributed by atoms with Gasteiger partial charge in [-0.05, 0) is 18.8 Å². The van der Waals surface area contributed by atoms with Crippen LogP contribution < -0.4 is 34.4 Å². The Bertz CT molecular complexity index is 672. The van der Waals surface area contributed by atoms with Crippen molar-refractivity contribution in [1.82, 2.24) is 0 Å². The first-order valence-corrected chi connectivity index (χ1v) is 10.1. The van der Waals surface area contributed by atoms with Crippen molar-refractivity contribution in [3.05, 3.63) is 0 Å². The van der Waals surface area contributed by atoms with Crippen LogP contribution in [0.15, 0.2) is 4.99 Å². The summed E-state index contributed by atoms with van der Waals surface area (Å²) < 4.78 is 0. The average molecular weight is 514 g/mol. The molecule has 206 valence electrons. The lowest BCUT2D eigenvalue weighted by atomic mass is 10.0. The Labute approximate surface area is 202 Å². The minimum Gasteiger partial charge on any atom is -0.481 e. The van der Waals surface area contributed by atoms with Gasteiger partial charge in [0.25, 0.3) is 0 Å². The lowest BCUT2D eigenvalue weighted by Gasteiger charge is -2.11. The molecule has 0 saturated heterocycles. The van der Waals surface area contributed by atoms with E-state index in [-0.39, 0.29) is 18.4 Å². The number of rotatable bonds is 12. The van der Waals surface area contributed by atoms with Crippen molar-refractivity contribution in [3.63, 3.8) is 0 Å². The number of aliphatic carboxylic acids is 5. The summed E-state index contributed by atoms with van der Waals surface area (Å²) in [6.07, 6.45) is 1.24. The number of aliphatic imine (C=N–C) groups is 1. The number of hydrogen-bond donors (Lipinski definition) is 11. The minimum absolute atomic E-state index is 0.0129. The molecule has 17 N–H and O–H groups in total. The van der Waals surface area contributed by atoms with Crippen LogP contribution in [0.4, 0.5) is 0 Å². The van der Waals surface area contributed by atoms with Crippen molar-refractivity contribution < 1.29 is 49.5 Å². The summed E-state index contributed by atoms with van der Waals surface area (Å²) in [5.74, 6) is -5.29. The molecule has 0 aliphatic carbocycles. The third-order valence-electron chi connectivity index (χ3n) is 3.71. The summed E-state index contributed by atoms with van der Waals surface area (Å²) in [7, 11) is 0. The fourth-order valence-corrected chi connectivity index (χ4v) is 1.42. The summed E-state index contributed by atoms with van der Waals surface area (Å²) in [4.78, 5) is 52.9. The van der Waals surface area contributed by atoms with Gasteiger partial charge < -0.3 is 59.9 Å². The molecule has 0 amide bonds. The van der Waals surface area contributed by atoms with Crippen molar-refractivity contribution in [2.24, 2.45) is 45.3 Å². The zero-order valence-corrected chi connectivity index (χ0v) is 19.7. The number of nitrogens with two attached hydrogens (primary N) is 6. The van der Waals surface area contributed by atoms with E-state index in [9.17, 15) is 24.0 Å². The second-order valence-electron chi connectivity index (χ2n) is 6.78. The Morgan fingerprint density at radius 2 is 1.23 bits per heavy atom. The predicted molar refractivity (Wildman–Crippen MR) is 125 cm³/mol. The second kappa shape index (κ2) is 23.6. The van der Waals surface area contributed by atoms with Crippen molar-refractivity contribution in [2.45, 2.75) is 57.7 Å². The molecule has 0 aromatic heterocycles. The number of carboxylic acids is 5. The second-order valence-corrected chi connectivity index (χ2v) is 6.78. The Morgan fingerprint density at radius 1 is 0.800 bits per heavy atom. The smallest absolute Gasteiger partial charge is 0.321 e. The zero-order valence-electron chi connectivity index (χ0n) is 19.7. The van der Waals surface area contributed by atoms with E-state index in [4.69, 9.17) is 54.2 Å². The van der Waals surface area contributed by atoms with Gasteiger partial charge >= 0.3 is 29.8 Å². The Hall–Kier alpha value is -3.54. The number of nitrogens with zero attached hydrogens (tertiary/aromatic N) is 1. The Morgan fingerprint density at radius 3 is 1.43 bits per heavy atom. The van der Waals surface area contributed by atoms with Crippen LogP contribution in [0.2, 0.25) is 0 Å². The van der Waals surface area contributed by atoms with Crippen molar-refractivity contribution in [3.8, 4) is 0 Å². The van der Waals surface area contributed by atoms with Crippen LogP contribution in [0.5, 0.6) is 0 Å². The van der Waals surface area contributed by atoms with Crippen LogP contribution in [0.3, 0.4) is 0 Å². The van der Waals surface area contributed by atoms with Gasteiger partial charge in [-0.25, -0.2) is 0 Å². The highest BCUT2D eigenvalue weighted by molar-refractivity contribution is 5.80. The van der Waals surface area contributed by atoms with Gasteiger partial charge in [0.2, 0.25) is 0 Å². The van der Waals surface area contributed by atoms with Gasteiger partial charge in [-0.2, -0.15) is 0 Å². The van der Waals surface area contributed by atoms with E-state index in [1.807, 2.05) is 13.8 Å². The van der Waals surface area contributed by atoms with E-state index in [0.717, 1.165) is 6.42 Å². The average Bonchev–Trinajstić information content (AvgIpc) is 2.75. The van der Waals surface area contributed by atoms with Crippen LogP contribution >= 0.6 is 0 Å². The maximum atomic E-state index is 10.2. The Balaban J connectivity index is -0.000000190. The maximum Gasteiger partial charge on any atom is 0.321 e. The van der Waals surface area contributed by atoms with E-state index in [1.54, 1.807) is 0 Å². The molecular formula is C18H39N7O10. The molecule has 0 fully saturated rings. The van der Waals surface area contributed by atoms with Crippen molar-refractivity contribution in [2.75, 3.05) is 13.1 Å². The first-order chi connectivity index (χ1) is 15.9. The molecule has 0 radical (unpaired) electrons. The highest BCUT2D eigenvalue weighted by Crippen LogP contribution is 2.04. The summed E-state index contributed by atoms with van der Waals surface area (Å²) in [5.41, 5.74) is 30.0. The van der Waals surface area contributed by atoms with Crippen LogP contribution in [0.1, 0.15) is 39.5 Å². The fourth-order valence-electron chi connectivity index (χ4n) is 1.42. The highest BCUT2D eigenvalue weighted by atomic mass is 16.4. The topological polar surface area (TPSA) is 355 Å². The molecule has 4 atom stereocenters. The molecule has 0 rings (SSSR count). The summed E-state index contributed by atoms with van der Waals surface area (Å²) >= 11 is 0. The monoisotopic (exact) mass is 513 g/mol. The van der Waals surface area contributed by atoms with Crippen LogP contribution in [0.25, 0.3) is 0 Å². The fraction of sp³-hybridized carbons (Fsp3) is 0.667. The van der Waals surface area contributed by atoms with Gasteiger partial charge in [-0.3, -0.25) is 29.0 Å². The molecule has 0 aromatic rings. The highest BCUT2D eigenvalue weighted by Gasteiger charge is 2.17. The van der Waals surface area contributed by atoms with Crippen LogP contribution in [0, 0.1) is 5.92 Å². The van der Waals surface area contributed by atoms with Gasteiger partial charge in [-0.15, -0.1) is 0 Å². The third-order valence-corrected chi connectivity index (χ3v) is 3.71. The van der Waals surface area contributed by atoms with E-state index < -0.39 is 54.4 Å². The normalized spacial score (nSPS) is 12.7. The summed E-state index contributed by atoms with van der Waals surface area (Å²) in [6.45, 7) is 3.90. The number of guanidine groups is 1. The van der Waals surface area contributed by atoms with Crippen molar-refractivity contribution >= 4 is 35.8 Å². The van der Waals surface area contributed by atoms with Crippen LogP contribution in [-0.4, -0.2) is 92.6 Å². The lowest BCUT2D eigenvalue weighted by molar-refractivity contribution is -0.144. The molecule has 17 heteroatoms. The van der Waals surface area contributed by atoms with E-state index in [1.165, 1.54) is 0 Å². The predicted octanol–water partition coefficient (Wildman–Crippen LogP) is -3.20. The molecule has 0 aliphatic rings. The van der Waals surface area contributed by atoms with Gasteiger partial charge in [0, 0.05) is 6.54 Å². The quantitative estimate of drug-likeness (QED) is 0.0694. The van der Waals surface area contributed by atoms with E-state index in [2.05, 4.69) is 10.7 Å². The molecular weight excluding hydrogens is 474 g/mol. The van der Waals surface area contributed by atoms with Gasteiger partial charge in [-0.1, -0.05) is 20.3 Å². The molecule has 17 nitrogen and oxygen atoms in total.